The molecule has 6 rings (SSSR count). The second-order valence-electron chi connectivity index (χ2n) is 12.4. The third-order valence-electron chi connectivity index (χ3n) is 8.84. The third-order valence-corrected chi connectivity index (χ3v) is 8.84. The monoisotopic (exact) mass is 668 g/mol. The molecule has 0 unspecified atom stereocenters. The number of aryl methyl sites for hydroxylation is 1. The van der Waals surface area contributed by atoms with Crippen molar-refractivity contribution in [2.45, 2.75) is 19.8 Å². The van der Waals surface area contributed by atoms with E-state index in [0.29, 0.717) is 19.4 Å². The molecule has 0 heterocycles. The summed E-state index contributed by atoms with van der Waals surface area (Å²) in [4.78, 5) is 23.2. The summed E-state index contributed by atoms with van der Waals surface area (Å²) in [6.07, 6.45) is 3.59. The molecule has 0 aliphatic heterocycles. The molecular weight excluding hydrogens is 629 g/mol. The van der Waals surface area contributed by atoms with Crippen LogP contribution in [0.1, 0.15) is 16.7 Å². The smallest absolute Gasteiger partial charge is 0.330 e. The molecule has 6 aromatic carbocycles. The van der Waals surface area contributed by atoms with Gasteiger partial charge in [-0.25, -0.2) is 9.59 Å². The normalized spacial score (nSPS) is 10.7. The minimum absolute atomic E-state index is 0.287. The van der Waals surface area contributed by atoms with Crippen LogP contribution in [-0.2, 0) is 31.9 Å². The molecule has 0 N–H and O–H groups in total. The van der Waals surface area contributed by atoms with Gasteiger partial charge in [0.15, 0.2) is 0 Å². The molecule has 0 saturated carbocycles. The van der Waals surface area contributed by atoms with Gasteiger partial charge in [-0.3, -0.25) is 0 Å². The summed E-state index contributed by atoms with van der Waals surface area (Å²) in [6, 6.07) is 49.3. The first-order valence-corrected chi connectivity index (χ1v) is 17.1. The lowest BCUT2D eigenvalue weighted by Gasteiger charge is -2.16. The quantitative estimate of drug-likeness (QED) is 0.0908. The predicted octanol–water partition coefficient (Wildman–Crippen LogP) is 10.9. The van der Waals surface area contributed by atoms with Crippen LogP contribution < -0.4 is 0 Å². The van der Waals surface area contributed by atoms with E-state index in [2.05, 4.69) is 147 Å². The Labute approximate surface area is 300 Å². The van der Waals surface area contributed by atoms with Crippen LogP contribution in [0.15, 0.2) is 165 Å². The molecule has 0 aliphatic rings. The second kappa shape index (κ2) is 16.4. The van der Waals surface area contributed by atoms with Gasteiger partial charge in [-0.05, 0) is 91.9 Å². The average molecular weight is 669 g/mol. The molecule has 51 heavy (non-hydrogen) atoms. The highest BCUT2D eigenvalue weighted by Gasteiger charge is 2.13. The van der Waals surface area contributed by atoms with Gasteiger partial charge in [-0.1, -0.05) is 140 Å². The van der Waals surface area contributed by atoms with Crippen molar-refractivity contribution in [1.29, 1.82) is 0 Å². The predicted molar refractivity (Wildman–Crippen MR) is 208 cm³/mol. The summed E-state index contributed by atoms with van der Waals surface area (Å²) < 4.78 is 10.5. The van der Waals surface area contributed by atoms with E-state index in [-0.39, 0.29) is 6.61 Å². The Hall–Kier alpha value is -6.26. The molecule has 0 bridgehead atoms. The van der Waals surface area contributed by atoms with Crippen LogP contribution >= 0.6 is 0 Å². The van der Waals surface area contributed by atoms with Gasteiger partial charge in [0.1, 0.15) is 0 Å². The van der Waals surface area contributed by atoms with E-state index >= 15 is 0 Å². The fourth-order valence-corrected chi connectivity index (χ4v) is 6.24. The maximum Gasteiger partial charge on any atom is 0.330 e. The maximum atomic E-state index is 11.6. The number of benzene rings is 6. The Morgan fingerprint density at radius 3 is 1.43 bits per heavy atom. The van der Waals surface area contributed by atoms with Gasteiger partial charge in [-0.15, -0.1) is 0 Å². The molecule has 0 radical (unpaired) electrons. The van der Waals surface area contributed by atoms with Crippen molar-refractivity contribution in [1.82, 2.24) is 0 Å². The van der Waals surface area contributed by atoms with E-state index in [4.69, 9.17) is 9.47 Å². The van der Waals surface area contributed by atoms with Gasteiger partial charge >= 0.3 is 11.9 Å². The number of carbonyl (C=O) groups excluding carboxylic acids is 2. The highest BCUT2D eigenvalue weighted by Crippen LogP contribution is 2.38. The van der Waals surface area contributed by atoms with Gasteiger partial charge in [0.2, 0.25) is 0 Å². The van der Waals surface area contributed by atoms with Gasteiger partial charge in [-0.2, -0.15) is 0 Å². The van der Waals surface area contributed by atoms with Crippen molar-refractivity contribution in [3.8, 4) is 55.6 Å². The number of hydrogen-bond acceptors (Lipinski definition) is 4. The average Bonchev–Trinajstić information content (AvgIpc) is 3.18. The number of esters is 2. The Morgan fingerprint density at radius 2 is 0.882 bits per heavy atom. The molecule has 0 fully saturated rings. The molecule has 252 valence electrons. The molecule has 0 aliphatic carbocycles. The maximum absolute atomic E-state index is 11.6. The fourth-order valence-electron chi connectivity index (χ4n) is 6.24. The van der Waals surface area contributed by atoms with E-state index in [9.17, 15) is 9.59 Å². The minimum Gasteiger partial charge on any atom is -0.462 e. The Balaban J connectivity index is 1.39. The summed E-state index contributed by atoms with van der Waals surface area (Å²) in [5, 5.41) is 0. The summed E-state index contributed by atoms with van der Waals surface area (Å²) in [6.45, 7) is 9.66. The minimum atomic E-state index is -0.419. The zero-order chi connectivity index (χ0) is 35.6. The first kappa shape index (κ1) is 34.6. The van der Waals surface area contributed by atoms with Crippen LogP contribution in [-0.4, -0.2) is 25.2 Å². The van der Waals surface area contributed by atoms with E-state index in [0.717, 1.165) is 55.6 Å². The van der Waals surface area contributed by atoms with Crippen molar-refractivity contribution in [3.63, 3.8) is 0 Å². The summed E-state index contributed by atoms with van der Waals surface area (Å²) in [5.41, 5.74) is 14.6. The van der Waals surface area contributed by atoms with E-state index < -0.39 is 11.9 Å². The van der Waals surface area contributed by atoms with E-state index in [1.165, 1.54) is 28.8 Å². The zero-order valence-electron chi connectivity index (χ0n) is 28.8. The van der Waals surface area contributed by atoms with Crippen molar-refractivity contribution >= 4 is 11.9 Å². The Morgan fingerprint density at radius 1 is 0.471 bits per heavy atom. The number of ether oxygens (including phenoxy) is 2. The molecular formula is C47H40O4. The lowest BCUT2D eigenvalue weighted by Crippen LogP contribution is -2.04. The van der Waals surface area contributed by atoms with Gasteiger partial charge in [0.25, 0.3) is 0 Å². The SMILES string of the molecule is C=CC(=O)OCCc1cccc(-c2cccc(-c3cc(-c4cccc(-c5cccc(C)c5)c4)ccc3-c3cccc(CCOC(=O)C=C)c3)c2)c1. The highest BCUT2D eigenvalue weighted by molar-refractivity contribution is 5.89. The Kier molecular flexibility index (Phi) is 11.1. The number of carbonyl (C=O) groups is 2. The van der Waals surface area contributed by atoms with Gasteiger partial charge < -0.3 is 9.47 Å². The highest BCUT2D eigenvalue weighted by atomic mass is 16.5. The summed E-state index contributed by atoms with van der Waals surface area (Å²) >= 11 is 0. The van der Waals surface area contributed by atoms with Crippen LogP contribution in [0.4, 0.5) is 0 Å². The van der Waals surface area contributed by atoms with Crippen LogP contribution in [0.2, 0.25) is 0 Å². The summed E-state index contributed by atoms with van der Waals surface area (Å²) in [7, 11) is 0. The van der Waals surface area contributed by atoms with Crippen LogP contribution in [0.3, 0.4) is 0 Å². The fraction of sp³-hybridized carbons (Fsp3) is 0.106. The molecule has 0 atom stereocenters. The van der Waals surface area contributed by atoms with Crippen molar-refractivity contribution in [2.75, 3.05) is 13.2 Å². The van der Waals surface area contributed by atoms with E-state index in [1.54, 1.807) is 0 Å². The Bertz CT molecular complexity index is 2210. The largest absolute Gasteiger partial charge is 0.462 e. The van der Waals surface area contributed by atoms with Crippen LogP contribution in [0.5, 0.6) is 0 Å². The lowest BCUT2D eigenvalue weighted by molar-refractivity contribution is -0.138. The number of rotatable bonds is 13. The topological polar surface area (TPSA) is 52.6 Å². The first-order chi connectivity index (χ1) is 24.9. The van der Waals surface area contributed by atoms with Crippen LogP contribution in [0, 0.1) is 6.92 Å². The van der Waals surface area contributed by atoms with Crippen molar-refractivity contribution in [2.24, 2.45) is 0 Å². The van der Waals surface area contributed by atoms with Crippen molar-refractivity contribution in [3.05, 3.63) is 182 Å². The van der Waals surface area contributed by atoms with Gasteiger partial charge in [0.05, 0.1) is 13.2 Å². The number of hydrogen-bond donors (Lipinski definition) is 0. The molecule has 0 aromatic heterocycles. The molecule has 0 spiro atoms. The summed E-state index contributed by atoms with van der Waals surface area (Å²) in [5.74, 6) is -0.836. The third kappa shape index (κ3) is 8.86. The van der Waals surface area contributed by atoms with Gasteiger partial charge in [0, 0.05) is 25.0 Å². The molecule has 0 amide bonds. The molecule has 4 nitrogen and oxygen atoms in total. The molecule has 0 saturated heterocycles. The molecule has 4 heteroatoms. The zero-order valence-corrected chi connectivity index (χ0v) is 28.8. The second-order valence-corrected chi connectivity index (χ2v) is 12.4. The first-order valence-electron chi connectivity index (χ1n) is 17.1. The van der Waals surface area contributed by atoms with E-state index in [1.807, 2.05) is 12.1 Å². The van der Waals surface area contributed by atoms with Crippen molar-refractivity contribution < 1.29 is 19.1 Å². The lowest BCUT2D eigenvalue weighted by atomic mass is 9.88. The van der Waals surface area contributed by atoms with Crippen LogP contribution in [0.25, 0.3) is 55.6 Å². The standard InChI is InChI=1S/C47H40O4/c1-4-46(48)50-25-23-34-12-7-15-37(28-34)40-18-10-20-43(31-40)45-32-41(39-17-9-16-38(30-39)36-14-6-11-33(3)27-36)21-22-44(45)42-19-8-13-35(29-42)24-26-51-47(49)5-2/h4-22,27-32H,1-2,23-26H2,3H3. The molecule has 6 aromatic rings.